The van der Waals surface area contributed by atoms with Crippen LogP contribution in [0.4, 0.5) is 8.78 Å². The van der Waals surface area contributed by atoms with E-state index in [1.807, 2.05) is 36.4 Å². The van der Waals surface area contributed by atoms with Crippen molar-refractivity contribution >= 4 is 22.8 Å². The molecular weight excluding hydrogens is 364 g/mol. The van der Waals surface area contributed by atoms with Gasteiger partial charge in [0, 0.05) is 6.08 Å². The zero-order chi connectivity index (χ0) is 20.1. The third-order valence-corrected chi connectivity index (χ3v) is 4.37. The molecule has 3 aromatic rings. The molecule has 0 radical (unpaired) electrons. The van der Waals surface area contributed by atoms with E-state index in [0.29, 0.717) is 11.1 Å². The summed E-state index contributed by atoms with van der Waals surface area (Å²) in [4.78, 5) is 12.3. The summed E-state index contributed by atoms with van der Waals surface area (Å²) in [6.07, 6.45) is 1.28. The van der Waals surface area contributed by atoms with Gasteiger partial charge in [0.25, 0.3) is 0 Å². The number of nitrogens with one attached hydrogen (secondary N) is 1. The quantitative estimate of drug-likeness (QED) is 0.572. The van der Waals surface area contributed by atoms with Gasteiger partial charge >= 0.3 is 0 Å². The fourth-order valence-corrected chi connectivity index (χ4v) is 2.90. The summed E-state index contributed by atoms with van der Waals surface area (Å²) in [5.41, 5.74) is 0.953. The predicted molar refractivity (Wildman–Crippen MR) is 103 cm³/mol. The smallest absolute Gasteiger partial charge is 0.244 e. The number of hydrogen-bond donors (Lipinski definition) is 3. The Labute approximate surface area is 160 Å². The molecule has 0 unspecified atom stereocenters. The van der Waals surface area contributed by atoms with E-state index in [4.69, 9.17) is 0 Å². The van der Waals surface area contributed by atoms with Gasteiger partial charge in [0.1, 0.15) is 6.10 Å². The Hall–Kier alpha value is -3.09. The molecule has 0 bridgehead atoms. The average molecular weight is 383 g/mol. The summed E-state index contributed by atoms with van der Waals surface area (Å²) >= 11 is 0. The second-order valence-corrected chi connectivity index (χ2v) is 6.35. The van der Waals surface area contributed by atoms with Gasteiger partial charge in [0.05, 0.1) is 12.6 Å². The Bertz CT molecular complexity index is 1020. The fourth-order valence-electron chi connectivity index (χ4n) is 2.90. The van der Waals surface area contributed by atoms with Crippen LogP contribution in [-0.4, -0.2) is 28.8 Å². The highest BCUT2D eigenvalue weighted by atomic mass is 19.2. The summed E-state index contributed by atoms with van der Waals surface area (Å²) in [5, 5.41) is 24.1. The second-order valence-electron chi connectivity index (χ2n) is 6.35. The zero-order valence-corrected chi connectivity index (χ0v) is 14.8. The highest BCUT2D eigenvalue weighted by Crippen LogP contribution is 2.23. The zero-order valence-electron chi connectivity index (χ0n) is 14.8. The Morgan fingerprint density at radius 1 is 1.00 bits per heavy atom. The molecule has 0 fully saturated rings. The van der Waals surface area contributed by atoms with E-state index >= 15 is 0 Å². The van der Waals surface area contributed by atoms with Gasteiger partial charge in [-0.1, -0.05) is 42.5 Å². The van der Waals surface area contributed by atoms with Crippen molar-refractivity contribution in [1.29, 1.82) is 0 Å². The molecule has 0 spiro atoms. The van der Waals surface area contributed by atoms with Crippen molar-refractivity contribution < 1.29 is 23.8 Å². The van der Waals surface area contributed by atoms with Gasteiger partial charge in [-0.25, -0.2) is 8.78 Å². The molecule has 0 saturated heterocycles. The highest BCUT2D eigenvalue weighted by molar-refractivity contribution is 5.92. The molecule has 0 aliphatic rings. The van der Waals surface area contributed by atoms with Crippen molar-refractivity contribution in [3.05, 3.63) is 89.5 Å². The summed E-state index contributed by atoms with van der Waals surface area (Å²) < 4.78 is 26.2. The Balaban J connectivity index is 1.80. The van der Waals surface area contributed by atoms with Crippen LogP contribution < -0.4 is 5.32 Å². The monoisotopic (exact) mass is 383 g/mol. The van der Waals surface area contributed by atoms with Crippen LogP contribution in [0.5, 0.6) is 0 Å². The minimum atomic E-state index is -1.21. The van der Waals surface area contributed by atoms with Crippen LogP contribution in [0, 0.1) is 11.6 Å². The molecule has 1 amide bonds. The second kappa shape index (κ2) is 8.73. The van der Waals surface area contributed by atoms with Crippen molar-refractivity contribution in [1.82, 2.24) is 5.32 Å². The van der Waals surface area contributed by atoms with E-state index < -0.39 is 36.3 Å². The van der Waals surface area contributed by atoms with Gasteiger partial charge in [-0.3, -0.25) is 4.79 Å². The summed E-state index contributed by atoms with van der Waals surface area (Å²) in [5.74, 6) is -2.52. The lowest BCUT2D eigenvalue weighted by atomic mass is 9.98. The maximum Gasteiger partial charge on any atom is 0.244 e. The highest BCUT2D eigenvalue weighted by Gasteiger charge is 2.22. The van der Waals surface area contributed by atoms with Crippen LogP contribution in [0.2, 0.25) is 0 Å². The van der Waals surface area contributed by atoms with E-state index in [0.717, 1.165) is 29.0 Å². The summed E-state index contributed by atoms with van der Waals surface area (Å²) in [7, 11) is 0. The van der Waals surface area contributed by atoms with Gasteiger partial charge in [-0.05, 0) is 46.2 Å². The maximum absolute atomic E-state index is 13.2. The number of carbonyl (C=O) groups excluding carboxylic acids is 1. The first-order chi connectivity index (χ1) is 13.5. The van der Waals surface area contributed by atoms with Crippen molar-refractivity contribution in [2.45, 2.75) is 12.1 Å². The molecule has 0 aliphatic carbocycles. The van der Waals surface area contributed by atoms with E-state index in [2.05, 4.69) is 5.32 Å². The standard InChI is InChI=1S/C22H19F2NO3/c23-18-9-5-14(11-19(18)24)6-10-21(28)25-22(20(27)13-26)17-8-7-15-3-1-2-4-16(15)12-17/h1-12,20,22,26-27H,13H2,(H,25,28)/t20-,22-/m1/s1. The van der Waals surface area contributed by atoms with E-state index in [1.165, 1.54) is 12.1 Å². The Kier molecular flexibility index (Phi) is 6.13. The lowest BCUT2D eigenvalue weighted by Gasteiger charge is -2.23. The number of rotatable bonds is 6. The number of fused-ring (bicyclic) bond motifs is 1. The van der Waals surface area contributed by atoms with Gasteiger partial charge in [0.2, 0.25) is 5.91 Å². The number of carbonyl (C=O) groups is 1. The molecule has 3 aromatic carbocycles. The molecule has 0 aromatic heterocycles. The molecule has 0 aliphatic heterocycles. The lowest BCUT2D eigenvalue weighted by Crippen LogP contribution is -2.37. The first-order valence-corrected chi connectivity index (χ1v) is 8.69. The third-order valence-electron chi connectivity index (χ3n) is 4.37. The molecule has 2 atom stereocenters. The number of aliphatic hydroxyl groups excluding tert-OH is 2. The normalized spacial score (nSPS) is 13.6. The van der Waals surface area contributed by atoms with Crippen LogP contribution >= 0.6 is 0 Å². The van der Waals surface area contributed by atoms with Crippen molar-refractivity contribution in [3.63, 3.8) is 0 Å². The largest absolute Gasteiger partial charge is 0.394 e. The average Bonchev–Trinajstić information content (AvgIpc) is 2.72. The summed E-state index contributed by atoms with van der Waals surface area (Å²) in [6.45, 7) is -0.537. The maximum atomic E-state index is 13.2. The molecular formula is C22H19F2NO3. The molecule has 3 N–H and O–H groups in total. The lowest BCUT2D eigenvalue weighted by molar-refractivity contribution is -0.118. The van der Waals surface area contributed by atoms with Crippen LogP contribution in [0.3, 0.4) is 0 Å². The molecule has 3 rings (SSSR count). The van der Waals surface area contributed by atoms with Gasteiger partial charge in [-0.2, -0.15) is 0 Å². The number of halogens is 2. The van der Waals surface area contributed by atoms with E-state index in [-0.39, 0.29) is 0 Å². The molecule has 0 heterocycles. The predicted octanol–water partition coefficient (Wildman–Crippen LogP) is 3.34. The first kappa shape index (κ1) is 19.7. The third kappa shape index (κ3) is 4.60. The molecule has 4 nitrogen and oxygen atoms in total. The number of aliphatic hydroxyl groups is 2. The number of benzene rings is 3. The van der Waals surface area contributed by atoms with Gasteiger partial charge in [0.15, 0.2) is 11.6 Å². The topological polar surface area (TPSA) is 69.6 Å². The Morgan fingerprint density at radius 3 is 2.46 bits per heavy atom. The van der Waals surface area contributed by atoms with Crippen LogP contribution in [0.15, 0.2) is 66.7 Å². The molecule has 144 valence electrons. The van der Waals surface area contributed by atoms with Crippen LogP contribution in [-0.2, 0) is 4.79 Å². The Morgan fingerprint density at radius 2 is 1.75 bits per heavy atom. The van der Waals surface area contributed by atoms with Crippen LogP contribution in [0.1, 0.15) is 17.2 Å². The number of hydrogen-bond acceptors (Lipinski definition) is 3. The summed E-state index contributed by atoms with van der Waals surface area (Å²) in [6, 6.07) is 15.6. The SMILES string of the molecule is O=C(C=Cc1ccc(F)c(F)c1)N[C@H](c1ccc2ccccc2c1)[C@H](O)CO. The molecule has 0 saturated carbocycles. The van der Waals surface area contributed by atoms with E-state index in [9.17, 15) is 23.8 Å². The van der Waals surface area contributed by atoms with Crippen LogP contribution in [0.25, 0.3) is 16.8 Å². The van der Waals surface area contributed by atoms with Gasteiger partial charge in [-0.15, -0.1) is 0 Å². The fraction of sp³-hybridized carbons (Fsp3) is 0.136. The minimum absolute atomic E-state index is 0.319. The van der Waals surface area contributed by atoms with Gasteiger partial charge < -0.3 is 15.5 Å². The minimum Gasteiger partial charge on any atom is -0.394 e. The van der Waals surface area contributed by atoms with E-state index in [1.54, 1.807) is 6.07 Å². The molecule has 28 heavy (non-hydrogen) atoms. The first-order valence-electron chi connectivity index (χ1n) is 8.69. The van der Waals surface area contributed by atoms with Crippen molar-refractivity contribution in [2.24, 2.45) is 0 Å². The van der Waals surface area contributed by atoms with Crippen molar-refractivity contribution in [3.8, 4) is 0 Å². The number of amides is 1. The molecule has 6 heteroatoms. The van der Waals surface area contributed by atoms with Crippen molar-refractivity contribution in [2.75, 3.05) is 6.61 Å².